The summed E-state index contributed by atoms with van der Waals surface area (Å²) >= 11 is 0. The van der Waals surface area contributed by atoms with Crippen LogP contribution in [0, 0.1) is 5.92 Å². The molecule has 0 spiro atoms. The predicted molar refractivity (Wildman–Crippen MR) is 113 cm³/mol. The smallest absolute Gasteiger partial charge is 0.220 e. The van der Waals surface area contributed by atoms with Gasteiger partial charge in [-0.05, 0) is 38.7 Å². The number of hydrogen-bond donors (Lipinski definition) is 2. The van der Waals surface area contributed by atoms with Crippen LogP contribution < -0.4 is 11.1 Å². The summed E-state index contributed by atoms with van der Waals surface area (Å²) in [5, 5.41) is 8.44. The lowest BCUT2D eigenvalue weighted by Crippen LogP contribution is -2.41. The minimum Gasteiger partial charge on any atom is -0.383 e. The van der Waals surface area contributed by atoms with Crippen molar-refractivity contribution in [3.63, 3.8) is 0 Å². The maximum atomic E-state index is 12.1. The van der Waals surface area contributed by atoms with E-state index in [0.717, 1.165) is 17.7 Å². The molecule has 1 atom stereocenters. The fraction of sp³-hybridized carbons (Fsp3) is 0.476. The molecule has 0 saturated heterocycles. The van der Waals surface area contributed by atoms with E-state index in [2.05, 4.69) is 40.4 Å². The molecule has 0 aromatic carbocycles. The van der Waals surface area contributed by atoms with Gasteiger partial charge in [0.25, 0.3) is 0 Å². The van der Waals surface area contributed by atoms with Crippen molar-refractivity contribution in [2.24, 2.45) is 5.92 Å². The molecule has 2 heterocycles. The molecule has 154 valence electrons. The Morgan fingerprint density at radius 2 is 2.07 bits per heavy atom. The number of carbonyl (C=O) groups is 2. The van der Waals surface area contributed by atoms with Gasteiger partial charge in [-0.1, -0.05) is 25.2 Å². The molecular weight excluding hydrogens is 368 g/mol. The summed E-state index contributed by atoms with van der Waals surface area (Å²) in [6.07, 6.45) is 9.15. The van der Waals surface area contributed by atoms with Crippen molar-refractivity contribution in [2.45, 2.75) is 52.5 Å². The van der Waals surface area contributed by atoms with Crippen LogP contribution >= 0.6 is 0 Å². The van der Waals surface area contributed by atoms with Crippen LogP contribution in [0.1, 0.15) is 52.7 Å². The third kappa shape index (κ3) is 4.52. The first-order chi connectivity index (χ1) is 13.7. The number of carbonyl (C=O) groups excluding carboxylic acids is 2. The van der Waals surface area contributed by atoms with Crippen LogP contribution in [0.3, 0.4) is 0 Å². The van der Waals surface area contributed by atoms with E-state index in [-0.39, 0.29) is 24.5 Å². The summed E-state index contributed by atoms with van der Waals surface area (Å²) in [7, 11) is 0. The van der Waals surface area contributed by atoms with E-state index in [1.165, 1.54) is 13.3 Å². The zero-order valence-corrected chi connectivity index (χ0v) is 17.4. The van der Waals surface area contributed by atoms with Crippen LogP contribution in [-0.2, 0) is 15.1 Å². The molecule has 8 heteroatoms. The van der Waals surface area contributed by atoms with Crippen molar-refractivity contribution < 1.29 is 9.59 Å². The number of hydrogen-bond acceptors (Lipinski definition) is 6. The van der Waals surface area contributed by atoms with E-state index in [9.17, 15) is 9.59 Å². The van der Waals surface area contributed by atoms with E-state index in [1.807, 2.05) is 13.8 Å². The van der Waals surface area contributed by atoms with Gasteiger partial charge in [-0.2, -0.15) is 5.10 Å². The number of amides is 1. The van der Waals surface area contributed by atoms with E-state index in [1.54, 1.807) is 4.68 Å². The lowest BCUT2D eigenvalue weighted by molar-refractivity contribution is -0.124. The summed E-state index contributed by atoms with van der Waals surface area (Å²) < 4.78 is 1.80. The van der Waals surface area contributed by atoms with Crippen LogP contribution in [0.25, 0.3) is 16.6 Å². The summed E-state index contributed by atoms with van der Waals surface area (Å²) in [4.78, 5) is 31.7. The van der Waals surface area contributed by atoms with Crippen molar-refractivity contribution in [1.82, 2.24) is 25.1 Å². The Kier molecular flexibility index (Phi) is 5.81. The van der Waals surface area contributed by atoms with Crippen LogP contribution in [0.15, 0.2) is 24.6 Å². The number of anilines is 1. The van der Waals surface area contributed by atoms with Crippen molar-refractivity contribution in [1.29, 1.82) is 0 Å². The first kappa shape index (κ1) is 20.7. The molecule has 0 fully saturated rings. The molecule has 2 aromatic heterocycles. The summed E-state index contributed by atoms with van der Waals surface area (Å²) in [6.45, 7) is 7.93. The Morgan fingerprint density at radius 1 is 1.31 bits per heavy atom. The van der Waals surface area contributed by atoms with Gasteiger partial charge in [0.2, 0.25) is 5.91 Å². The molecule has 1 aliphatic carbocycles. The molecule has 0 saturated carbocycles. The Morgan fingerprint density at radius 3 is 2.72 bits per heavy atom. The van der Waals surface area contributed by atoms with E-state index < -0.39 is 5.54 Å². The number of nitrogens with two attached hydrogens (primary N) is 1. The second-order valence-corrected chi connectivity index (χ2v) is 8.24. The number of fused-ring (bicyclic) bond motifs is 1. The summed E-state index contributed by atoms with van der Waals surface area (Å²) in [6, 6.07) is 0. The SMILES string of the molecule is CC(=O)CCC(=O)NCC(C)(C)n1nc(C2=CCC(C)C=C2)c2c(N)ncnc21. The first-order valence-electron chi connectivity index (χ1n) is 9.83. The molecule has 1 unspecified atom stereocenters. The lowest BCUT2D eigenvalue weighted by atomic mass is 9.96. The number of allylic oxidation sites excluding steroid dienone is 4. The average molecular weight is 396 g/mol. The fourth-order valence-electron chi connectivity index (χ4n) is 3.27. The number of ketones is 1. The van der Waals surface area contributed by atoms with Crippen molar-refractivity contribution in [3.05, 3.63) is 30.2 Å². The van der Waals surface area contributed by atoms with Crippen LogP contribution in [0.4, 0.5) is 5.82 Å². The molecule has 0 radical (unpaired) electrons. The molecule has 1 aliphatic rings. The Hall–Kier alpha value is -3.03. The fourth-order valence-corrected chi connectivity index (χ4v) is 3.27. The standard InChI is InChI=1S/C21H28N6O2/c1-13-5-8-15(9-6-13)18-17-19(22)24-12-25-20(17)27(26-18)21(3,4)11-23-16(29)10-7-14(2)28/h5,8-9,12-13H,6-7,10-11H2,1-4H3,(H,23,29)(H2,22,24,25). The first-order valence-corrected chi connectivity index (χ1v) is 9.83. The van der Waals surface area contributed by atoms with E-state index in [0.29, 0.717) is 29.3 Å². The van der Waals surface area contributed by atoms with Crippen molar-refractivity contribution in [2.75, 3.05) is 12.3 Å². The van der Waals surface area contributed by atoms with Gasteiger partial charge >= 0.3 is 0 Å². The minimum absolute atomic E-state index is 0.00238. The Labute approximate surface area is 170 Å². The Balaban J connectivity index is 1.93. The largest absolute Gasteiger partial charge is 0.383 e. The number of nitrogens with one attached hydrogen (secondary N) is 1. The zero-order valence-electron chi connectivity index (χ0n) is 17.4. The Bertz CT molecular complexity index is 1000. The van der Waals surface area contributed by atoms with E-state index in [4.69, 9.17) is 10.8 Å². The van der Waals surface area contributed by atoms with Crippen LogP contribution in [0.2, 0.25) is 0 Å². The number of rotatable bonds is 7. The number of aromatic nitrogens is 4. The molecule has 0 bridgehead atoms. The molecule has 1 amide bonds. The normalized spacial score (nSPS) is 16.7. The van der Waals surface area contributed by atoms with Gasteiger partial charge in [0.1, 0.15) is 23.6 Å². The second-order valence-electron chi connectivity index (χ2n) is 8.24. The highest BCUT2D eigenvalue weighted by Crippen LogP contribution is 2.33. The maximum absolute atomic E-state index is 12.1. The van der Waals surface area contributed by atoms with Gasteiger partial charge in [-0.15, -0.1) is 0 Å². The molecule has 0 aliphatic heterocycles. The highest BCUT2D eigenvalue weighted by molar-refractivity contribution is 5.97. The number of nitrogen functional groups attached to an aromatic ring is 1. The highest BCUT2D eigenvalue weighted by atomic mass is 16.2. The lowest BCUT2D eigenvalue weighted by Gasteiger charge is -2.26. The summed E-state index contributed by atoms with van der Waals surface area (Å²) in [5.74, 6) is 0.705. The second kappa shape index (κ2) is 8.14. The van der Waals surface area contributed by atoms with Gasteiger partial charge in [-0.3, -0.25) is 4.79 Å². The molecule has 8 nitrogen and oxygen atoms in total. The third-order valence-corrected chi connectivity index (χ3v) is 5.08. The van der Waals surface area contributed by atoms with Crippen LogP contribution in [0.5, 0.6) is 0 Å². The molecule has 3 rings (SSSR count). The van der Waals surface area contributed by atoms with Crippen molar-refractivity contribution >= 4 is 34.1 Å². The quantitative estimate of drug-likeness (QED) is 0.743. The van der Waals surface area contributed by atoms with E-state index >= 15 is 0 Å². The average Bonchev–Trinajstić information content (AvgIpc) is 3.07. The van der Waals surface area contributed by atoms with Crippen LogP contribution in [-0.4, -0.2) is 38.0 Å². The van der Waals surface area contributed by atoms with Gasteiger partial charge in [0, 0.05) is 19.4 Å². The maximum Gasteiger partial charge on any atom is 0.220 e. The highest BCUT2D eigenvalue weighted by Gasteiger charge is 2.28. The number of Topliss-reactive ketones (excluding diaryl/α,β-unsaturated/α-hetero) is 1. The van der Waals surface area contributed by atoms with Gasteiger partial charge in [0.15, 0.2) is 5.65 Å². The summed E-state index contributed by atoms with van der Waals surface area (Å²) in [5.41, 5.74) is 7.99. The molecule has 3 N–H and O–H groups in total. The monoisotopic (exact) mass is 396 g/mol. The predicted octanol–water partition coefficient (Wildman–Crippen LogP) is 2.61. The minimum atomic E-state index is -0.560. The topological polar surface area (TPSA) is 116 Å². The van der Waals surface area contributed by atoms with Gasteiger partial charge in [0.05, 0.1) is 10.9 Å². The number of nitrogens with zero attached hydrogens (tertiary/aromatic N) is 4. The molecule has 29 heavy (non-hydrogen) atoms. The van der Waals surface area contributed by atoms with Crippen molar-refractivity contribution in [3.8, 4) is 0 Å². The zero-order chi connectivity index (χ0) is 21.2. The molecular formula is C21H28N6O2. The molecule has 2 aromatic rings. The van der Waals surface area contributed by atoms with Gasteiger partial charge < -0.3 is 15.8 Å². The third-order valence-electron chi connectivity index (χ3n) is 5.08. The van der Waals surface area contributed by atoms with Gasteiger partial charge in [-0.25, -0.2) is 14.6 Å².